The van der Waals surface area contributed by atoms with Gasteiger partial charge < -0.3 is 10.2 Å². The summed E-state index contributed by atoms with van der Waals surface area (Å²) in [6, 6.07) is 0.645. The molecular formula is C23H38N2O2. The molecule has 3 saturated carbocycles. The molecule has 4 nitrogen and oxygen atoms in total. The molecule has 4 heteroatoms. The zero-order chi connectivity index (χ0) is 19.6. The Kier molecular flexibility index (Phi) is 4.63. The minimum atomic E-state index is 0.166. The van der Waals surface area contributed by atoms with Crippen molar-refractivity contribution in [2.75, 3.05) is 7.05 Å². The van der Waals surface area contributed by atoms with Crippen LogP contribution in [0, 0.1) is 34.5 Å². The highest BCUT2D eigenvalue weighted by atomic mass is 16.2. The Morgan fingerprint density at radius 1 is 1.04 bits per heavy atom. The predicted molar refractivity (Wildman–Crippen MR) is 107 cm³/mol. The normalized spacial score (nSPS) is 46.7. The molecule has 0 aromatic heterocycles. The van der Waals surface area contributed by atoms with Crippen molar-refractivity contribution in [3.05, 3.63) is 0 Å². The highest BCUT2D eigenvalue weighted by Crippen LogP contribution is 2.66. The minimum absolute atomic E-state index is 0.166. The first-order valence-electron chi connectivity index (χ1n) is 11.2. The summed E-state index contributed by atoms with van der Waals surface area (Å²) < 4.78 is 0. The third kappa shape index (κ3) is 2.76. The number of fused-ring (bicyclic) bond motifs is 5. The van der Waals surface area contributed by atoms with Crippen LogP contribution in [0.25, 0.3) is 0 Å². The summed E-state index contributed by atoms with van der Waals surface area (Å²) in [6.45, 7) is 9.01. The van der Waals surface area contributed by atoms with Gasteiger partial charge in [0.2, 0.25) is 11.8 Å². The van der Waals surface area contributed by atoms with E-state index in [1.807, 2.05) is 7.05 Å². The van der Waals surface area contributed by atoms with Gasteiger partial charge in [-0.15, -0.1) is 0 Å². The van der Waals surface area contributed by atoms with E-state index in [0.29, 0.717) is 24.3 Å². The molecule has 4 aliphatic rings. The lowest BCUT2D eigenvalue weighted by atomic mass is 9.47. The molecule has 1 heterocycles. The van der Waals surface area contributed by atoms with Crippen LogP contribution in [0.1, 0.15) is 79.1 Å². The fourth-order valence-corrected chi connectivity index (χ4v) is 7.97. The molecule has 1 aliphatic heterocycles. The maximum atomic E-state index is 12.9. The van der Waals surface area contributed by atoms with Crippen molar-refractivity contribution in [3.8, 4) is 0 Å². The topological polar surface area (TPSA) is 49.4 Å². The van der Waals surface area contributed by atoms with Crippen LogP contribution < -0.4 is 5.32 Å². The molecule has 0 spiro atoms. The third-order valence-electron chi connectivity index (χ3n) is 9.30. The van der Waals surface area contributed by atoms with Gasteiger partial charge in [0.05, 0.1) is 0 Å². The Morgan fingerprint density at radius 3 is 2.44 bits per heavy atom. The maximum absolute atomic E-state index is 12.9. The number of rotatable bonds is 2. The second-order valence-corrected chi connectivity index (χ2v) is 10.8. The molecule has 1 saturated heterocycles. The van der Waals surface area contributed by atoms with Crippen molar-refractivity contribution in [1.29, 1.82) is 0 Å². The zero-order valence-electron chi connectivity index (χ0n) is 17.9. The number of amides is 2. The van der Waals surface area contributed by atoms with Crippen LogP contribution >= 0.6 is 0 Å². The summed E-state index contributed by atoms with van der Waals surface area (Å²) in [5.41, 5.74) is 0.435. The average Bonchev–Trinajstić information content (AvgIpc) is 2.95. The largest absolute Gasteiger partial charge is 0.354 e. The summed E-state index contributed by atoms with van der Waals surface area (Å²) in [6.07, 6.45) is 8.84. The molecule has 0 radical (unpaired) electrons. The van der Waals surface area contributed by atoms with E-state index in [1.165, 1.54) is 25.7 Å². The highest BCUT2D eigenvalue weighted by Gasteiger charge is 2.62. The van der Waals surface area contributed by atoms with E-state index in [9.17, 15) is 9.59 Å². The van der Waals surface area contributed by atoms with Gasteiger partial charge in [-0.25, -0.2) is 0 Å². The van der Waals surface area contributed by atoms with E-state index in [1.54, 1.807) is 0 Å². The summed E-state index contributed by atoms with van der Waals surface area (Å²) in [7, 11) is 2.03. The SMILES string of the molecule is CC(C)NC(=O)[C@H]1CC[C@H]2[C@@H]3CC[C@H]4N(C)C(=O)CC[C@]4(C)[C@H]3CC[C@]12C. The van der Waals surface area contributed by atoms with Crippen LogP contribution in [0.3, 0.4) is 0 Å². The van der Waals surface area contributed by atoms with Crippen LogP contribution in [-0.2, 0) is 9.59 Å². The molecule has 152 valence electrons. The maximum Gasteiger partial charge on any atom is 0.223 e. The first-order chi connectivity index (χ1) is 12.7. The van der Waals surface area contributed by atoms with Crippen molar-refractivity contribution in [2.45, 2.75) is 91.1 Å². The molecule has 4 fully saturated rings. The summed E-state index contributed by atoms with van der Waals surface area (Å²) in [4.78, 5) is 27.2. The number of piperidine rings is 1. The Labute approximate surface area is 164 Å². The quantitative estimate of drug-likeness (QED) is 0.794. The van der Waals surface area contributed by atoms with Crippen LogP contribution in [0.15, 0.2) is 0 Å². The van der Waals surface area contributed by atoms with E-state index >= 15 is 0 Å². The van der Waals surface area contributed by atoms with Gasteiger partial charge in [0.25, 0.3) is 0 Å². The highest BCUT2D eigenvalue weighted by molar-refractivity contribution is 5.80. The number of carbonyl (C=O) groups is 2. The lowest BCUT2D eigenvalue weighted by Crippen LogP contribution is -2.61. The molecule has 1 N–H and O–H groups in total. The molecule has 0 unspecified atom stereocenters. The van der Waals surface area contributed by atoms with E-state index in [-0.39, 0.29) is 28.7 Å². The average molecular weight is 375 g/mol. The smallest absolute Gasteiger partial charge is 0.223 e. The monoisotopic (exact) mass is 374 g/mol. The Bertz CT molecular complexity index is 632. The summed E-state index contributed by atoms with van der Waals surface area (Å²) >= 11 is 0. The van der Waals surface area contributed by atoms with Crippen LogP contribution in [0.2, 0.25) is 0 Å². The van der Waals surface area contributed by atoms with Crippen LogP contribution in [0.4, 0.5) is 0 Å². The molecule has 0 bridgehead atoms. The third-order valence-corrected chi connectivity index (χ3v) is 9.30. The molecular weight excluding hydrogens is 336 g/mol. The number of nitrogens with zero attached hydrogens (tertiary/aromatic N) is 1. The second kappa shape index (κ2) is 6.49. The van der Waals surface area contributed by atoms with Crippen molar-refractivity contribution in [3.63, 3.8) is 0 Å². The van der Waals surface area contributed by atoms with Crippen molar-refractivity contribution >= 4 is 11.8 Å². The van der Waals surface area contributed by atoms with Crippen molar-refractivity contribution < 1.29 is 9.59 Å². The van der Waals surface area contributed by atoms with Gasteiger partial charge in [0.15, 0.2) is 0 Å². The number of hydrogen-bond acceptors (Lipinski definition) is 2. The van der Waals surface area contributed by atoms with Gasteiger partial charge in [-0.2, -0.15) is 0 Å². The number of carbonyl (C=O) groups excluding carboxylic acids is 2. The molecule has 7 atom stereocenters. The molecule has 4 rings (SSSR count). The van der Waals surface area contributed by atoms with Gasteiger partial charge in [-0.3, -0.25) is 9.59 Å². The standard InChI is InChI=1S/C23H38N2O2/c1-14(2)24-21(27)18-8-7-16-15-6-9-19-23(4,13-11-20(26)25(19)5)17(15)10-12-22(16,18)3/h14-19H,6-13H2,1-5H3,(H,24,27)/t15-,16-,17-,18+,19+,22-,23+/m0/s1. The van der Waals surface area contributed by atoms with Crippen molar-refractivity contribution in [1.82, 2.24) is 10.2 Å². The van der Waals surface area contributed by atoms with Crippen LogP contribution in [0.5, 0.6) is 0 Å². The lowest BCUT2D eigenvalue weighted by Gasteiger charge is -2.61. The number of nitrogens with one attached hydrogen (secondary N) is 1. The van der Waals surface area contributed by atoms with Gasteiger partial charge in [-0.1, -0.05) is 13.8 Å². The Morgan fingerprint density at radius 2 is 1.74 bits per heavy atom. The van der Waals surface area contributed by atoms with E-state index in [0.717, 1.165) is 31.1 Å². The zero-order valence-corrected chi connectivity index (χ0v) is 17.9. The minimum Gasteiger partial charge on any atom is -0.354 e. The molecule has 2 amide bonds. The van der Waals surface area contributed by atoms with Crippen molar-refractivity contribution in [2.24, 2.45) is 34.5 Å². The Balaban J connectivity index is 1.58. The number of likely N-dealkylation sites (tertiary alicyclic amines) is 1. The first-order valence-corrected chi connectivity index (χ1v) is 11.2. The van der Waals surface area contributed by atoms with Crippen LogP contribution in [-0.4, -0.2) is 35.8 Å². The molecule has 3 aliphatic carbocycles. The Hall–Kier alpha value is -1.06. The fourth-order valence-electron chi connectivity index (χ4n) is 7.97. The second-order valence-electron chi connectivity index (χ2n) is 10.8. The van der Waals surface area contributed by atoms with E-state index in [2.05, 4.69) is 37.9 Å². The lowest BCUT2D eigenvalue weighted by molar-refractivity contribution is -0.159. The number of hydrogen-bond donors (Lipinski definition) is 1. The van der Waals surface area contributed by atoms with Gasteiger partial charge in [-0.05, 0) is 87.4 Å². The molecule has 27 heavy (non-hydrogen) atoms. The van der Waals surface area contributed by atoms with Gasteiger partial charge in [0, 0.05) is 31.5 Å². The van der Waals surface area contributed by atoms with E-state index < -0.39 is 0 Å². The molecule has 0 aromatic rings. The van der Waals surface area contributed by atoms with Gasteiger partial charge >= 0.3 is 0 Å². The fraction of sp³-hybridized carbons (Fsp3) is 0.913. The van der Waals surface area contributed by atoms with E-state index in [4.69, 9.17) is 0 Å². The molecule has 0 aromatic carbocycles. The predicted octanol–water partition coefficient (Wildman–Crippen LogP) is 3.99. The van der Waals surface area contributed by atoms with Gasteiger partial charge in [0.1, 0.15) is 0 Å². The summed E-state index contributed by atoms with van der Waals surface area (Å²) in [5, 5.41) is 3.20. The first kappa shape index (κ1) is 19.3. The summed E-state index contributed by atoms with van der Waals surface area (Å²) in [5.74, 6) is 2.95.